The maximum atomic E-state index is 11.6. The third kappa shape index (κ3) is 3.58. The number of aliphatic carboxylic acids is 1. The smallest absolute Gasteiger partial charge is 0.308 e. The molecule has 1 aromatic heterocycles. The van der Waals surface area contributed by atoms with Crippen LogP contribution >= 0.6 is 0 Å². The fraction of sp³-hybridized carbons (Fsp3) is 0.545. The summed E-state index contributed by atoms with van der Waals surface area (Å²) in [5.41, 5.74) is 2.53. The Morgan fingerprint density at radius 1 is 1.47 bits per heavy atom. The van der Waals surface area contributed by atoms with E-state index >= 15 is 0 Å². The van der Waals surface area contributed by atoms with Gasteiger partial charge in [-0.15, -0.1) is 0 Å². The monoisotopic (exact) mass is 239 g/mol. The van der Waals surface area contributed by atoms with Crippen molar-refractivity contribution in [1.29, 1.82) is 0 Å². The minimum Gasteiger partial charge on any atom is -0.481 e. The van der Waals surface area contributed by atoms with Gasteiger partial charge in [0.25, 0.3) is 0 Å². The van der Waals surface area contributed by atoms with E-state index in [-0.39, 0.29) is 18.9 Å². The van der Waals surface area contributed by atoms with Crippen molar-refractivity contribution in [2.75, 3.05) is 6.54 Å². The van der Waals surface area contributed by atoms with Gasteiger partial charge in [-0.2, -0.15) is 5.10 Å². The average molecular weight is 239 g/mol. The predicted molar refractivity (Wildman–Crippen MR) is 61.6 cm³/mol. The highest BCUT2D eigenvalue weighted by Gasteiger charge is 2.14. The molecule has 6 heteroatoms. The third-order valence-corrected chi connectivity index (χ3v) is 2.65. The van der Waals surface area contributed by atoms with Gasteiger partial charge in [-0.05, 0) is 13.8 Å². The Kier molecular flexibility index (Phi) is 4.25. The Morgan fingerprint density at radius 3 is 2.59 bits per heavy atom. The molecular weight excluding hydrogens is 222 g/mol. The lowest BCUT2D eigenvalue weighted by molar-refractivity contribution is -0.141. The number of aryl methyl sites for hydroxylation is 2. The van der Waals surface area contributed by atoms with E-state index in [1.54, 1.807) is 6.92 Å². The number of nitrogens with zero attached hydrogens (tertiary/aromatic N) is 1. The van der Waals surface area contributed by atoms with Crippen LogP contribution in [0.1, 0.15) is 23.9 Å². The van der Waals surface area contributed by atoms with Crippen LogP contribution in [0.15, 0.2) is 0 Å². The van der Waals surface area contributed by atoms with Gasteiger partial charge < -0.3 is 10.4 Å². The van der Waals surface area contributed by atoms with E-state index in [4.69, 9.17) is 5.11 Å². The molecule has 0 saturated heterocycles. The zero-order valence-electron chi connectivity index (χ0n) is 10.2. The number of aromatic amines is 1. The van der Waals surface area contributed by atoms with Crippen LogP contribution < -0.4 is 5.32 Å². The van der Waals surface area contributed by atoms with Crippen molar-refractivity contribution in [3.63, 3.8) is 0 Å². The fourth-order valence-corrected chi connectivity index (χ4v) is 1.41. The highest BCUT2D eigenvalue weighted by Crippen LogP contribution is 2.09. The van der Waals surface area contributed by atoms with Crippen LogP contribution in [0.4, 0.5) is 0 Å². The van der Waals surface area contributed by atoms with Crippen molar-refractivity contribution in [3.8, 4) is 0 Å². The van der Waals surface area contributed by atoms with Crippen LogP contribution in [0.5, 0.6) is 0 Å². The summed E-state index contributed by atoms with van der Waals surface area (Å²) < 4.78 is 0. The maximum absolute atomic E-state index is 11.6. The van der Waals surface area contributed by atoms with Crippen LogP contribution in [0, 0.1) is 19.8 Å². The largest absolute Gasteiger partial charge is 0.481 e. The van der Waals surface area contributed by atoms with Crippen molar-refractivity contribution < 1.29 is 14.7 Å². The molecule has 1 heterocycles. The van der Waals surface area contributed by atoms with E-state index in [9.17, 15) is 9.59 Å². The zero-order valence-corrected chi connectivity index (χ0v) is 10.2. The van der Waals surface area contributed by atoms with Gasteiger partial charge in [0.15, 0.2) is 0 Å². The van der Waals surface area contributed by atoms with Crippen molar-refractivity contribution in [1.82, 2.24) is 15.5 Å². The normalized spacial score (nSPS) is 12.2. The summed E-state index contributed by atoms with van der Waals surface area (Å²) in [5, 5.41) is 18.1. The van der Waals surface area contributed by atoms with Gasteiger partial charge in [0.05, 0.1) is 18.0 Å². The minimum atomic E-state index is -0.916. The second-order valence-electron chi connectivity index (χ2n) is 4.13. The number of carbonyl (C=O) groups is 2. The lowest BCUT2D eigenvalue weighted by Crippen LogP contribution is -2.32. The van der Waals surface area contributed by atoms with E-state index < -0.39 is 11.9 Å². The molecule has 0 aliphatic carbocycles. The second-order valence-corrected chi connectivity index (χ2v) is 4.13. The number of rotatable bonds is 5. The predicted octanol–water partition coefficient (Wildman–Crippen LogP) is 0.406. The van der Waals surface area contributed by atoms with E-state index in [1.807, 2.05) is 13.8 Å². The highest BCUT2D eigenvalue weighted by molar-refractivity contribution is 5.80. The number of H-pyrrole nitrogens is 1. The molecule has 1 atom stereocenters. The van der Waals surface area contributed by atoms with Crippen LogP contribution in [-0.4, -0.2) is 33.7 Å². The SMILES string of the molecule is Cc1n[nH]c(C)c1CC(=O)NCC(C)C(=O)O. The number of carboxylic acid groups (broad SMARTS) is 1. The molecule has 0 radical (unpaired) electrons. The topological polar surface area (TPSA) is 95.1 Å². The van der Waals surface area contributed by atoms with Crippen LogP contribution in [0.2, 0.25) is 0 Å². The molecule has 0 aliphatic rings. The highest BCUT2D eigenvalue weighted by atomic mass is 16.4. The molecule has 94 valence electrons. The van der Waals surface area contributed by atoms with Crippen molar-refractivity contribution in [2.45, 2.75) is 27.2 Å². The van der Waals surface area contributed by atoms with Crippen LogP contribution in [0.3, 0.4) is 0 Å². The summed E-state index contributed by atoms with van der Waals surface area (Å²) in [5.74, 6) is -1.68. The fourth-order valence-electron chi connectivity index (χ4n) is 1.41. The number of aromatic nitrogens is 2. The first-order valence-corrected chi connectivity index (χ1v) is 5.41. The maximum Gasteiger partial charge on any atom is 0.308 e. The van der Waals surface area contributed by atoms with Gasteiger partial charge in [-0.25, -0.2) is 0 Å². The average Bonchev–Trinajstić information content (AvgIpc) is 2.57. The molecule has 0 aromatic carbocycles. The lowest BCUT2D eigenvalue weighted by atomic mass is 10.1. The molecule has 0 spiro atoms. The van der Waals surface area contributed by atoms with Gasteiger partial charge >= 0.3 is 5.97 Å². The Hall–Kier alpha value is -1.85. The molecule has 0 aliphatic heterocycles. The second kappa shape index (κ2) is 5.47. The Labute approximate surface area is 99.4 Å². The summed E-state index contributed by atoms with van der Waals surface area (Å²) in [6, 6.07) is 0. The molecule has 1 aromatic rings. The third-order valence-electron chi connectivity index (χ3n) is 2.65. The summed E-state index contributed by atoms with van der Waals surface area (Å²) in [6.45, 7) is 5.37. The molecule has 0 saturated carbocycles. The molecule has 1 rings (SSSR count). The first kappa shape index (κ1) is 13.2. The summed E-state index contributed by atoms with van der Waals surface area (Å²) in [7, 11) is 0. The van der Waals surface area contributed by atoms with Gasteiger partial charge in [-0.3, -0.25) is 14.7 Å². The van der Waals surface area contributed by atoms with E-state index in [2.05, 4.69) is 15.5 Å². The Bertz CT molecular complexity index is 406. The number of amides is 1. The number of hydrogen-bond donors (Lipinski definition) is 3. The van der Waals surface area contributed by atoms with Gasteiger partial charge in [-0.1, -0.05) is 6.92 Å². The summed E-state index contributed by atoms with van der Waals surface area (Å²) in [4.78, 5) is 22.2. The van der Waals surface area contributed by atoms with Crippen LogP contribution in [0.25, 0.3) is 0 Å². The number of carbonyl (C=O) groups excluding carboxylic acids is 1. The van der Waals surface area contributed by atoms with Gasteiger partial charge in [0.2, 0.25) is 5.91 Å². The molecule has 3 N–H and O–H groups in total. The number of nitrogens with one attached hydrogen (secondary N) is 2. The summed E-state index contributed by atoms with van der Waals surface area (Å²) in [6.07, 6.45) is 0.223. The molecule has 0 fully saturated rings. The molecule has 17 heavy (non-hydrogen) atoms. The minimum absolute atomic E-state index is 0.143. The van der Waals surface area contributed by atoms with Crippen molar-refractivity contribution in [3.05, 3.63) is 17.0 Å². The van der Waals surface area contributed by atoms with E-state index in [1.165, 1.54) is 0 Å². The van der Waals surface area contributed by atoms with Crippen molar-refractivity contribution >= 4 is 11.9 Å². The van der Waals surface area contributed by atoms with Crippen LogP contribution in [-0.2, 0) is 16.0 Å². The quantitative estimate of drug-likeness (QED) is 0.693. The lowest BCUT2D eigenvalue weighted by Gasteiger charge is -2.08. The van der Waals surface area contributed by atoms with Gasteiger partial charge in [0.1, 0.15) is 0 Å². The van der Waals surface area contributed by atoms with E-state index in [0.717, 1.165) is 17.0 Å². The number of hydrogen-bond acceptors (Lipinski definition) is 3. The Morgan fingerprint density at radius 2 is 2.12 bits per heavy atom. The molecule has 6 nitrogen and oxygen atoms in total. The standard InChI is InChI=1S/C11H17N3O3/c1-6(11(16)17)5-12-10(15)4-9-7(2)13-14-8(9)3/h6H,4-5H2,1-3H3,(H,12,15)(H,13,14)(H,16,17). The van der Waals surface area contributed by atoms with Gasteiger partial charge in [0, 0.05) is 17.8 Å². The summed E-state index contributed by atoms with van der Waals surface area (Å²) >= 11 is 0. The van der Waals surface area contributed by atoms with Crippen molar-refractivity contribution in [2.24, 2.45) is 5.92 Å². The molecule has 1 amide bonds. The first-order valence-electron chi connectivity index (χ1n) is 5.41. The van der Waals surface area contributed by atoms with E-state index in [0.29, 0.717) is 0 Å². The molecular formula is C11H17N3O3. The zero-order chi connectivity index (χ0) is 13.0. The first-order chi connectivity index (χ1) is 7.91. The number of carboxylic acids is 1. The Balaban J connectivity index is 2.48. The molecule has 0 bridgehead atoms. The molecule has 1 unspecified atom stereocenters.